The fourth-order valence-electron chi connectivity index (χ4n) is 4.12. The van der Waals surface area contributed by atoms with Crippen molar-refractivity contribution < 1.29 is 14.4 Å². The number of nitrogens with zero attached hydrogens (tertiary/aromatic N) is 1. The maximum atomic E-state index is 13.4. The van der Waals surface area contributed by atoms with Crippen LogP contribution in [0.5, 0.6) is 0 Å². The van der Waals surface area contributed by atoms with Gasteiger partial charge in [0, 0.05) is 49.3 Å². The predicted molar refractivity (Wildman–Crippen MR) is 139 cm³/mol. The molecule has 3 rings (SSSR count). The normalized spacial score (nSPS) is 13.1. The van der Waals surface area contributed by atoms with E-state index in [-0.39, 0.29) is 23.6 Å². The van der Waals surface area contributed by atoms with Crippen LogP contribution in [0.15, 0.2) is 67.0 Å². The average molecular weight is 475 g/mol. The predicted octanol–water partition coefficient (Wildman–Crippen LogP) is 3.88. The number of carbonyl (C=O) groups excluding carboxylic acids is 3. The number of fused-ring (bicyclic) bond motifs is 1. The third-order valence-corrected chi connectivity index (χ3v) is 5.88. The number of hydrogen-bond donors (Lipinski definition) is 3. The molecule has 0 aliphatic carbocycles. The molecule has 0 spiro atoms. The van der Waals surface area contributed by atoms with Crippen LogP contribution >= 0.6 is 0 Å². The second kappa shape index (κ2) is 12.0. The van der Waals surface area contributed by atoms with Crippen LogP contribution in [-0.2, 0) is 20.8 Å². The summed E-state index contributed by atoms with van der Waals surface area (Å²) in [5, 5.41) is 6.65. The average Bonchev–Trinajstić information content (AvgIpc) is 3.24. The summed E-state index contributed by atoms with van der Waals surface area (Å²) in [6.45, 7) is 5.38. The van der Waals surface area contributed by atoms with Gasteiger partial charge >= 0.3 is 0 Å². The molecule has 0 saturated carbocycles. The summed E-state index contributed by atoms with van der Waals surface area (Å²) in [5.74, 6) is -0.662. The first-order chi connectivity index (χ1) is 16.8. The van der Waals surface area contributed by atoms with Crippen molar-refractivity contribution in [3.05, 3.63) is 78.1 Å². The van der Waals surface area contributed by atoms with Gasteiger partial charge in [-0.25, -0.2) is 0 Å². The van der Waals surface area contributed by atoms with E-state index in [1.807, 2.05) is 80.7 Å². The van der Waals surface area contributed by atoms with Crippen molar-refractivity contribution in [2.45, 2.75) is 45.7 Å². The van der Waals surface area contributed by atoms with Gasteiger partial charge in [0.05, 0.1) is 0 Å². The van der Waals surface area contributed by atoms with Gasteiger partial charge in [-0.15, -0.1) is 0 Å². The first-order valence-corrected chi connectivity index (χ1v) is 11.9. The lowest BCUT2D eigenvalue weighted by Crippen LogP contribution is -2.54. The van der Waals surface area contributed by atoms with E-state index in [0.29, 0.717) is 12.8 Å². The van der Waals surface area contributed by atoms with Gasteiger partial charge in [0.1, 0.15) is 12.1 Å². The van der Waals surface area contributed by atoms with Gasteiger partial charge < -0.3 is 20.5 Å². The van der Waals surface area contributed by atoms with E-state index in [0.717, 1.165) is 22.0 Å². The van der Waals surface area contributed by atoms with Crippen LogP contribution in [0.25, 0.3) is 17.0 Å². The Morgan fingerprint density at radius 1 is 1.03 bits per heavy atom. The third kappa shape index (κ3) is 7.06. The molecule has 1 heterocycles. The Hall–Kier alpha value is -3.87. The molecular weight excluding hydrogens is 440 g/mol. The third-order valence-electron chi connectivity index (χ3n) is 5.88. The summed E-state index contributed by atoms with van der Waals surface area (Å²) >= 11 is 0. The van der Waals surface area contributed by atoms with Gasteiger partial charge in [0.2, 0.25) is 17.7 Å². The van der Waals surface area contributed by atoms with E-state index in [2.05, 4.69) is 15.6 Å². The van der Waals surface area contributed by atoms with E-state index < -0.39 is 12.1 Å². The van der Waals surface area contributed by atoms with Gasteiger partial charge in [0.15, 0.2) is 0 Å². The highest BCUT2D eigenvalue weighted by atomic mass is 16.2. The Kier molecular flexibility index (Phi) is 8.84. The minimum Gasteiger partial charge on any atom is -0.361 e. The Morgan fingerprint density at radius 3 is 2.40 bits per heavy atom. The fourth-order valence-corrected chi connectivity index (χ4v) is 4.12. The highest BCUT2D eigenvalue weighted by Gasteiger charge is 2.32. The Balaban J connectivity index is 1.80. The molecule has 7 heteroatoms. The van der Waals surface area contributed by atoms with Gasteiger partial charge in [-0.05, 0) is 30.0 Å². The minimum atomic E-state index is -0.749. The number of H-pyrrole nitrogens is 1. The standard InChI is InChI=1S/C28H34N4O3/c1-19(2)16-25(31-20(3)33)28(35)32(4)26(17-21-10-6-5-7-11-21)27(34)29-15-14-22-18-30-24-13-9-8-12-23(22)24/h5-15,18-19,25-26,30H,16-17H2,1-4H3,(H,29,34)(H,31,33)/b15-14+. The zero-order valence-corrected chi connectivity index (χ0v) is 20.7. The van der Waals surface area contributed by atoms with E-state index in [9.17, 15) is 14.4 Å². The summed E-state index contributed by atoms with van der Waals surface area (Å²) in [4.78, 5) is 43.1. The molecule has 3 amide bonds. The van der Waals surface area contributed by atoms with Crippen molar-refractivity contribution in [3.8, 4) is 0 Å². The van der Waals surface area contributed by atoms with Crippen molar-refractivity contribution in [1.82, 2.24) is 20.5 Å². The fraction of sp³-hybridized carbons (Fsp3) is 0.321. The van der Waals surface area contributed by atoms with Crippen LogP contribution in [0, 0.1) is 5.92 Å². The lowest BCUT2D eigenvalue weighted by molar-refractivity contribution is -0.141. The second-order valence-corrected chi connectivity index (χ2v) is 9.17. The summed E-state index contributed by atoms with van der Waals surface area (Å²) in [6, 6.07) is 16.1. The molecule has 3 N–H and O–H groups in total. The quantitative estimate of drug-likeness (QED) is 0.416. The minimum absolute atomic E-state index is 0.199. The Labute approximate surface area is 206 Å². The van der Waals surface area contributed by atoms with Crippen LogP contribution in [0.3, 0.4) is 0 Å². The summed E-state index contributed by atoms with van der Waals surface area (Å²) < 4.78 is 0. The molecule has 3 aromatic rings. The molecular formula is C28H34N4O3. The monoisotopic (exact) mass is 474 g/mol. The number of nitrogens with one attached hydrogen (secondary N) is 3. The Morgan fingerprint density at radius 2 is 1.71 bits per heavy atom. The highest BCUT2D eigenvalue weighted by Crippen LogP contribution is 2.19. The lowest BCUT2D eigenvalue weighted by atomic mass is 10.00. The summed E-state index contributed by atoms with van der Waals surface area (Å²) in [5.41, 5.74) is 2.90. The van der Waals surface area contributed by atoms with Gasteiger partial charge in [-0.2, -0.15) is 0 Å². The number of amides is 3. The van der Waals surface area contributed by atoms with Crippen LogP contribution in [0.1, 0.15) is 38.3 Å². The van der Waals surface area contributed by atoms with Crippen LogP contribution in [-0.4, -0.2) is 46.7 Å². The van der Waals surface area contributed by atoms with E-state index in [1.54, 1.807) is 13.2 Å². The van der Waals surface area contributed by atoms with E-state index in [4.69, 9.17) is 0 Å². The molecule has 2 aromatic carbocycles. The number of rotatable bonds is 10. The molecule has 184 valence electrons. The zero-order valence-electron chi connectivity index (χ0n) is 20.7. The van der Waals surface area contributed by atoms with E-state index >= 15 is 0 Å². The Bertz CT molecular complexity index is 1180. The number of aromatic amines is 1. The number of hydrogen-bond acceptors (Lipinski definition) is 3. The molecule has 2 unspecified atom stereocenters. The molecule has 1 aromatic heterocycles. The zero-order chi connectivity index (χ0) is 25.4. The van der Waals surface area contributed by atoms with Crippen molar-refractivity contribution in [1.29, 1.82) is 0 Å². The maximum Gasteiger partial charge on any atom is 0.247 e. The highest BCUT2D eigenvalue weighted by molar-refractivity contribution is 5.93. The number of benzene rings is 2. The maximum absolute atomic E-state index is 13.4. The van der Waals surface area contributed by atoms with Gasteiger partial charge in [-0.3, -0.25) is 14.4 Å². The SMILES string of the molecule is CC(=O)NC(CC(C)C)C(=O)N(C)C(Cc1ccccc1)C(=O)N/C=C/c1c[nH]c2ccccc12. The number of likely N-dealkylation sites (N-methyl/N-ethyl adjacent to an activating group) is 1. The van der Waals surface area contributed by atoms with E-state index in [1.165, 1.54) is 11.8 Å². The molecule has 0 fully saturated rings. The number of carbonyl (C=O) groups is 3. The molecule has 7 nitrogen and oxygen atoms in total. The lowest BCUT2D eigenvalue weighted by Gasteiger charge is -2.31. The largest absolute Gasteiger partial charge is 0.361 e. The molecule has 35 heavy (non-hydrogen) atoms. The molecule has 0 bridgehead atoms. The van der Waals surface area contributed by atoms with Crippen molar-refractivity contribution in [3.63, 3.8) is 0 Å². The smallest absolute Gasteiger partial charge is 0.247 e. The van der Waals surface area contributed by atoms with Gasteiger partial charge in [-0.1, -0.05) is 62.4 Å². The van der Waals surface area contributed by atoms with Crippen LogP contribution in [0.2, 0.25) is 0 Å². The van der Waals surface area contributed by atoms with Crippen LogP contribution in [0.4, 0.5) is 0 Å². The number of aromatic nitrogens is 1. The molecule has 0 radical (unpaired) electrons. The molecule has 0 aliphatic rings. The molecule has 2 atom stereocenters. The van der Waals surface area contributed by atoms with Gasteiger partial charge in [0.25, 0.3) is 0 Å². The first-order valence-electron chi connectivity index (χ1n) is 11.9. The summed E-state index contributed by atoms with van der Waals surface area (Å²) in [6.07, 6.45) is 6.16. The van der Waals surface area contributed by atoms with Crippen molar-refractivity contribution >= 4 is 34.7 Å². The topological polar surface area (TPSA) is 94.3 Å². The molecule has 0 aliphatic heterocycles. The first kappa shape index (κ1) is 25.7. The number of para-hydroxylation sites is 1. The second-order valence-electron chi connectivity index (χ2n) is 9.17. The van der Waals surface area contributed by atoms with Crippen molar-refractivity contribution in [2.75, 3.05) is 7.05 Å². The molecule has 0 saturated heterocycles. The summed E-state index contributed by atoms with van der Waals surface area (Å²) in [7, 11) is 1.62. The van der Waals surface area contributed by atoms with Crippen molar-refractivity contribution in [2.24, 2.45) is 5.92 Å². The van der Waals surface area contributed by atoms with Crippen LogP contribution < -0.4 is 10.6 Å².